The van der Waals surface area contributed by atoms with Crippen molar-refractivity contribution in [2.45, 2.75) is 38.8 Å². The third-order valence-electron chi connectivity index (χ3n) is 4.69. The molecule has 1 N–H and O–H groups in total. The maximum absolute atomic E-state index is 12.9. The van der Waals surface area contributed by atoms with E-state index in [-0.39, 0.29) is 11.7 Å². The lowest BCUT2D eigenvalue weighted by atomic mass is 10.1. The topological polar surface area (TPSA) is 32.3 Å². The highest BCUT2D eigenvalue weighted by molar-refractivity contribution is 5.94. The number of carbonyl (C=O) groups excluding carboxylic acids is 1. The van der Waals surface area contributed by atoms with Crippen LogP contribution in [0.25, 0.3) is 0 Å². The molecule has 4 heteroatoms. The molecule has 132 valence electrons. The molecule has 0 bridgehead atoms. The van der Waals surface area contributed by atoms with E-state index in [9.17, 15) is 9.18 Å². The van der Waals surface area contributed by atoms with Crippen molar-refractivity contribution < 1.29 is 9.18 Å². The monoisotopic (exact) mass is 340 g/mol. The molecule has 2 aromatic rings. The lowest BCUT2D eigenvalue weighted by Crippen LogP contribution is -2.24. The zero-order valence-electron chi connectivity index (χ0n) is 14.5. The van der Waals surface area contributed by atoms with Crippen molar-refractivity contribution in [2.75, 3.05) is 13.1 Å². The molecule has 0 saturated carbocycles. The van der Waals surface area contributed by atoms with Crippen molar-refractivity contribution in [3.05, 3.63) is 71.0 Å². The molecule has 2 aromatic carbocycles. The average Bonchev–Trinajstić information content (AvgIpc) is 2.90. The SMILES string of the molecule is O=C(NCc1ccc(F)cc1)c1ccc(CN2CCCCCC2)cc1. The largest absolute Gasteiger partial charge is 0.348 e. The highest BCUT2D eigenvalue weighted by Gasteiger charge is 2.10. The number of rotatable bonds is 5. The number of halogens is 1. The summed E-state index contributed by atoms with van der Waals surface area (Å²) in [6.45, 7) is 3.69. The van der Waals surface area contributed by atoms with Crippen LogP contribution in [0.3, 0.4) is 0 Å². The first-order chi connectivity index (χ1) is 12.2. The van der Waals surface area contributed by atoms with Crippen LogP contribution in [0.5, 0.6) is 0 Å². The van der Waals surface area contributed by atoms with E-state index in [0.717, 1.165) is 12.1 Å². The molecule has 0 radical (unpaired) electrons. The number of carbonyl (C=O) groups is 1. The van der Waals surface area contributed by atoms with Crippen LogP contribution in [0.2, 0.25) is 0 Å². The summed E-state index contributed by atoms with van der Waals surface area (Å²) in [6, 6.07) is 14.0. The van der Waals surface area contributed by atoms with Crippen LogP contribution in [-0.2, 0) is 13.1 Å². The Balaban J connectivity index is 1.52. The van der Waals surface area contributed by atoms with Gasteiger partial charge in [0.15, 0.2) is 0 Å². The number of likely N-dealkylation sites (tertiary alicyclic amines) is 1. The molecule has 0 aliphatic carbocycles. The normalized spacial score (nSPS) is 15.6. The minimum Gasteiger partial charge on any atom is -0.348 e. The Labute approximate surface area is 148 Å². The predicted octanol–water partition coefficient (Wildman–Crippen LogP) is 4.13. The third kappa shape index (κ3) is 5.40. The Kier molecular flexibility index (Phi) is 6.18. The Morgan fingerprint density at radius 2 is 1.48 bits per heavy atom. The van der Waals surface area contributed by atoms with Crippen molar-refractivity contribution in [3.63, 3.8) is 0 Å². The zero-order chi connectivity index (χ0) is 17.5. The number of nitrogens with zero attached hydrogens (tertiary/aromatic N) is 1. The van der Waals surface area contributed by atoms with E-state index >= 15 is 0 Å². The van der Waals surface area contributed by atoms with Gasteiger partial charge < -0.3 is 5.32 Å². The van der Waals surface area contributed by atoms with E-state index in [2.05, 4.69) is 10.2 Å². The van der Waals surface area contributed by atoms with E-state index in [1.807, 2.05) is 24.3 Å². The third-order valence-corrected chi connectivity index (χ3v) is 4.69. The van der Waals surface area contributed by atoms with Crippen molar-refractivity contribution in [3.8, 4) is 0 Å². The van der Waals surface area contributed by atoms with Gasteiger partial charge in [0.2, 0.25) is 0 Å². The van der Waals surface area contributed by atoms with Crippen LogP contribution in [-0.4, -0.2) is 23.9 Å². The van der Waals surface area contributed by atoms with Gasteiger partial charge in [-0.2, -0.15) is 0 Å². The molecule has 3 rings (SSSR count). The number of amides is 1. The average molecular weight is 340 g/mol. The van der Waals surface area contributed by atoms with Gasteiger partial charge >= 0.3 is 0 Å². The molecule has 1 aliphatic heterocycles. The van der Waals surface area contributed by atoms with Crippen LogP contribution >= 0.6 is 0 Å². The zero-order valence-corrected chi connectivity index (χ0v) is 14.5. The minimum absolute atomic E-state index is 0.106. The second-order valence-electron chi connectivity index (χ2n) is 6.70. The fraction of sp³-hybridized carbons (Fsp3) is 0.381. The standard InChI is InChI=1S/C21H25FN2O/c22-20-11-7-17(8-12-20)15-23-21(25)19-9-5-18(6-10-19)16-24-13-3-1-2-4-14-24/h5-12H,1-4,13-16H2,(H,23,25). The van der Waals surface area contributed by atoms with Gasteiger partial charge in [0, 0.05) is 18.7 Å². The summed E-state index contributed by atoms with van der Waals surface area (Å²) in [5.74, 6) is -0.374. The fourth-order valence-electron chi connectivity index (χ4n) is 3.20. The summed E-state index contributed by atoms with van der Waals surface area (Å²) in [7, 11) is 0. The van der Waals surface area contributed by atoms with Crippen molar-refractivity contribution in [2.24, 2.45) is 0 Å². The maximum atomic E-state index is 12.9. The first-order valence-electron chi connectivity index (χ1n) is 9.05. The first kappa shape index (κ1) is 17.6. The molecule has 1 heterocycles. The number of hydrogen-bond donors (Lipinski definition) is 1. The molecule has 0 aromatic heterocycles. The summed E-state index contributed by atoms with van der Waals surface area (Å²) in [5, 5.41) is 2.87. The summed E-state index contributed by atoms with van der Waals surface area (Å²) >= 11 is 0. The molecule has 1 fully saturated rings. The van der Waals surface area contributed by atoms with Crippen LogP contribution in [0.4, 0.5) is 4.39 Å². The van der Waals surface area contributed by atoms with Gasteiger partial charge in [-0.1, -0.05) is 37.1 Å². The van der Waals surface area contributed by atoms with Gasteiger partial charge in [-0.25, -0.2) is 4.39 Å². The first-order valence-corrected chi connectivity index (χ1v) is 9.05. The van der Waals surface area contributed by atoms with Crippen molar-refractivity contribution in [1.82, 2.24) is 10.2 Å². The van der Waals surface area contributed by atoms with Crippen molar-refractivity contribution in [1.29, 1.82) is 0 Å². The van der Waals surface area contributed by atoms with Gasteiger partial charge in [0.05, 0.1) is 0 Å². The quantitative estimate of drug-likeness (QED) is 0.887. The fourth-order valence-corrected chi connectivity index (χ4v) is 3.20. The van der Waals surface area contributed by atoms with Gasteiger partial charge in [-0.3, -0.25) is 9.69 Å². The van der Waals surface area contributed by atoms with Crippen molar-refractivity contribution >= 4 is 5.91 Å². The van der Waals surface area contributed by atoms with E-state index in [1.165, 1.54) is 56.5 Å². The summed E-state index contributed by atoms with van der Waals surface area (Å²) in [5.41, 5.74) is 2.78. The highest BCUT2D eigenvalue weighted by atomic mass is 19.1. The highest BCUT2D eigenvalue weighted by Crippen LogP contribution is 2.14. The molecule has 3 nitrogen and oxygen atoms in total. The lowest BCUT2D eigenvalue weighted by molar-refractivity contribution is 0.0951. The number of hydrogen-bond acceptors (Lipinski definition) is 2. The van der Waals surface area contributed by atoms with Crippen LogP contribution in [0.1, 0.15) is 47.2 Å². The Morgan fingerprint density at radius 1 is 0.880 bits per heavy atom. The van der Waals surface area contributed by atoms with E-state index < -0.39 is 0 Å². The molecule has 1 aliphatic rings. The minimum atomic E-state index is -0.268. The lowest BCUT2D eigenvalue weighted by Gasteiger charge is -2.19. The number of benzene rings is 2. The van der Waals surface area contributed by atoms with Crippen LogP contribution in [0, 0.1) is 5.82 Å². The summed E-state index contributed by atoms with van der Waals surface area (Å²) in [4.78, 5) is 14.7. The maximum Gasteiger partial charge on any atom is 0.251 e. The van der Waals surface area contributed by atoms with Gasteiger partial charge in [-0.05, 0) is 61.3 Å². The molecular formula is C21H25FN2O. The molecule has 0 spiro atoms. The Hall–Kier alpha value is -2.20. The summed E-state index contributed by atoms with van der Waals surface area (Å²) < 4.78 is 12.9. The number of nitrogens with one attached hydrogen (secondary N) is 1. The van der Waals surface area contributed by atoms with Gasteiger partial charge in [-0.15, -0.1) is 0 Å². The van der Waals surface area contributed by atoms with Gasteiger partial charge in [0.25, 0.3) is 5.91 Å². The molecule has 0 atom stereocenters. The smallest absolute Gasteiger partial charge is 0.251 e. The van der Waals surface area contributed by atoms with Gasteiger partial charge in [0.1, 0.15) is 5.82 Å². The van der Waals surface area contributed by atoms with E-state index in [1.54, 1.807) is 12.1 Å². The molecule has 0 unspecified atom stereocenters. The Bertz CT molecular complexity index is 674. The molecule has 25 heavy (non-hydrogen) atoms. The molecule has 1 saturated heterocycles. The predicted molar refractivity (Wildman–Crippen MR) is 97.8 cm³/mol. The second kappa shape index (κ2) is 8.77. The molecular weight excluding hydrogens is 315 g/mol. The summed E-state index contributed by atoms with van der Waals surface area (Å²) in [6.07, 6.45) is 5.24. The van der Waals surface area contributed by atoms with E-state index in [0.29, 0.717) is 12.1 Å². The molecule has 1 amide bonds. The van der Waals surface area contributed by atoms with Crippen LogP contribution < -0.4 is 5.32 Å². The van der Waals surface area contributed by atoms with E-state index in [4.69, 9.17) is 0 Å². The second-order valence-corrected chi connectivity index (χ2v) is 6.70. The van der Waals surface area contributed by atoms with Crippen LogP contribution in [0.15, 0.2) is 48.5 Å². The Morgan fingerprint density at radius 3 is 2.12 bits per heavy atom.